The lowest BCUT2D eigenvalue weighted by Crippen LogP contribution is -1.96. The zero-order valence-corrected chi connectivity index (χ0v) is 13.5. The predicted octanol–water partition coefficient (Wildman–Crippen LogP) is 4.71. The van der Waals surface area contributed by atoms with Crippen LogP contribution >= 0.6 is 0 Å². The fourth-order valence-electron chi connectivity index (χ4n) is 2.50. The van der Waals surface area contributed by atoms with Gasteiger partial charge in [0.2, 0.25) is 0 Å². The minimum atomic E-state index is -0.412. The highest BCUT2D eigenvalue weighted by atomic mass is 16.6. The van der Waals surface area contributed by atoms with Crippen LogP contribution in [-0.2, 0) is 0 Å². The number of nitrogens with one attached hydrogen (secondary N) is 1. The van der Waals surface area contributed by atoms with Crippen LogP contribution in [0.2, 0.25) is 0 Å². The molecular formula is C18H19N3O3. The molecule has 0 saturated carbocycles. The number of H-pyrrole nitrogens is 1. The maximum atomic E-state index is 10.8. The summed E-state index contributed by atoms with van der Waals surface area (Å²) in [5.74, 6) is 1.52. The van der Waals surface area contributed by atoms with Crippen LogP contribution in [0.3, 0.4) is 0 Å². The highest BCUT2D eigenvalue weighted by molar-refractivity contribution is 5.81. The van der Waals surface area contributed by atoms with Crippen LogP contribution in [0.15, 0.2) is 42.5 Å². The topological polar surface area (TPSA) is 81.1 Å². The smallest absolute Gasteiger partial charge is 0.271 e. The second-order valence-corrected chi connectivity index (χ2v) is 5.62. The van der Waals surface area contributed by atoms with Gasteiger partial charge < -0.3 is 9.72 Å². The SMILES string of the molecule is CCCCCOc1ccc(-c2nc3ccc([N+](=O)[O-])cc3[nH]2)cc1. The molecule has 0 saturated heterocycles. The molecule has 0 amide bonds. The minimum absolute atomic E-state index is 0.0496. The van der Waals surface area contributed by atoms with Crippen LogP contribution in [0.4, 0.5) is 5.69 Å². The summed E-state index contributed by atoms with van der Waals surface area (Å²) in [7, 11) is 0. The number of fused-ring (bicyclic) bond motifs is 1. The second-order valence-electron chi connectivity index (χ2n) is 5.62. The van der Waals surface area contributed by atoms with Crippen molar-refractivity contribution in [1.82, 2.24) is 9.97 Å². The number of hydrogen-bond acceptors (Lipinski definition) is 4. The highest BCUT2D eigenvalue weighted by Crippen LogP contribution is 2.25. The Hall–Kier alpha value is -2.89. The molecule has 124 valence electrons. The van der Waals surface area contributed by atoms with Crippen LogP contribution in [0.5, 0.6) is 5.75 Å². The largest absolute Gasteiger partial charge is 0.494 e. The van der Waals surface area contributed by atoms with Gasteiger partial charge in [-0.1, -0.05) is 19.8 Å². The Morgan fingerprint density at radius 1 is 1.17 bits per heavy atom. The predicted molar refractivity (Wildman–Crippen MR) is 93.2 cm³/mol. The van der Waals surface area contributed by atoms with Crippen LogP contribution < -0.4 is 4.74 Å². The number of unbranched alkanes of at least 4 members (excludes halogenated alkanes) is 2. The van der Waals surface area contributed by atoms with E-state index in [0.717, 1.165) is 24.3 Å². The third-order valence-corrected chi connectivity index (χ3v) is 3.82. The molecule has 1 heterocycles. The first kappa shape index (κ1) is 16.0. The molecule has 0 atom stereocenters. The van der Waals surface area contributed by atoms with Gasteiger partial charge in [-0.15, -0.1) is 0 Å². The average Bonchev–Trinajstić information content (AvgIpc) is 3.02. The van der Waals surface area contributed by atoms with Gasteiger partial charge in [-0.05, 0) is 36.8 Å². The Bertz CT molecular complexity index is 840. The Morgan fingerprint density at radius 3 is 2.67 bits per heavy atom. The molecule has 24 heavy (non-hydrogen) atoms. The molecule has 6 nitrogen and oxygen atoms in total. The van der Waals surface area contributed by atoms with E-state index < -0.39 is 4.92 Å². The first-order valence-electron chi connectivity index (χ1n) is 8.05. The van der Waals surface area contributed by atoms with Crippen molar-refractivity contribution in [3.8, 4) is 17.1 Å². The zero-order chi connectivity index (χ0) is 16.9. The normalized spacial score (nSPS) is 10.9. The molecule has 0 unspecified atom stereocenters. The molecule has 0 spiro atoms. The van der Waals surface area contributed by atoms with Gasteiger partial charge in [0, 0.05) is 17.7 Å². The number of nitro groups is 1. The van der Waals surface area contributed by atoms with Gasteiger partial charge in [0.25, 0.3) is 5.69 Å². The van der Waals surface area contributed by atoms with Gasteiger partial charge in [-0.2, -0.15) is 0 Å². The summed E-state index contributed by atoms with van der Waals surface area (Å²) >= 11 is 0. The Kier molecular flexibility index (Phi) is 4.74. The van der Waals surface area contributed by atoms with E-state index in [1.54, 1.807) is 6.07 Å². The van der Waals surface area contributed by atoms with Crippen LogP contribution in [-0.4, -0.2) is 21.5 Å². The fraction of sp³-hybridized carbons (Fsp3) is 0.278. The van der Waals surface area contributed by atoms with Crippen LogP contribution in [0.25, 0.3) is 22.4 Å². The second kappa shape index (κ2) is 7.12. The highest BCUT2D eigenvalue weighted by Gasteiger charge is 2.10. The number of imidazole rings is 1. The summed E-state index contributed by atoms with van der Waals surface area (Å²) in [6.07, 6.45) is 3.40. The molecule has 0 aliphatic carbocycles. The van der Waals surface area contributed by atoms with Crippen molar-refractivity contribution < 1.29 is 9.66 Å². The number of hydrogen-bond donors (Lipinski definition) is 1. The third kappa shape index (κ3) is 3.53. The molecule has 1 aromatic heterocycles. The van der Waals surface area contributed by atoms with E-state index in [1.807, 2.05) is 24.3 Å². The molecule has 0 aliphatic rings. The molecular weight excluding hydrogens is 306 g/mol. The summed E-state index contributed by atoms with van der Waals surface area (Å²) in [6.45, 7) is 2.89. The third-order valence-electron chi connectivity index (χ3n) is 3.82. The molecule has 0 aliphatic heterocycles. The molecule has 0 radical (unpaired) electrons. The van der Waals surface area contributed by atoms with E-state index >= 15 is 0 Å². The molecule has 6 heteroatoms. The molecule has 2 aromatic carbocycles. The van der Waals surface area contributed by atoms with Crippen molar-refractivity contribution in [1.29, 1.82) is 0 Å². The summed E-state index contributed by atoms with van der Waals surface area (Å²) in [5, 5.41) is 10.8. The van der Waals surface area contributed by atoms with Gasteiger partial charge in [-0.25, -0.2) is 4.98 Å². The Balaban J connectivity index is 1.76. The number of nitrogens with zero attached hydrogens (tertiary/aromatic N) is 2. The summed E-state index contributed by atoms with van der Waals surface area (Å²) in [5.41, 5.74) is 2.32. The fourth-order valence-corrected chi connectivity index (χ4v) is 2.50. The molecule has 0 fully saturated rings. The van der Waals surface area contributed by atoms with Crippen molar-refractivity contribution in [2.45, 2.75) is 26.2 Å². The van der Waals surface area contributed by atoms with E-state index in [4.69, 9.17) is 4.74 Å². The Labute approximate surface area is 139 Å². The number of nitro benzene ring substituents is 1. The number of aromatic amines is 1. The van der Waals surface area contributed by atoms with Gasteiger partial charge >= 0.3 is 0 Å². The number of non-ortho nitro benzene ring substituents is 1. The number of aromatic nitrogens is 2. The summed E-state index contributed by atoms with van der Waals surface area (Å²) in [4.78, 5) is 18.0. The van der Waals surface area contributed by atoms with Crippen molar-refractivity contribution in [3.63, 3.8) is 0 Å². The van der Waals surface area contributed by atoms with E-state index in [-0.39, 0.29) is 5.69 Å². The number of rotatable bonds is 7. The average molecular weight is 325 g/mol. The van der Waals surface area contributed by atoms with Crippen molar-refractivity contribution in [2.75, 3.05) is 6.61 Å². The lowest BCUT2D eigenvalue weighted by atomic mass is 10.2. The van der Waals surface area contributed by atoms with E-state index in [0.29, 0.717) is 16.9 Å². The lowest BCUT2D eigenvalue weighted by molar-refractivity contribution is -0.384. The first-order valence-corrected chi connectivity index (χ1v) is 8.05. The maximum Gasteiger partial charge on any atom is 0.271 e. The first-order chi connectivity index (χ1) is 11.7. The number of benzene rings is 2. The van der Waals surface area contributed by atoms with Crippen molar-refractivity contribution >= 4 is 16.7 Å². The maximum absolute atomic E-state index is 10.8. The molecule has 0 bridgehead atoms. The van der Waals surface area contributed by atoms with Crippen molar-refractivity contribution in [3.05, 3.63) is 52.6 Å². The monoisotopic (exact) mass is 325 g/mol. The molecule has 3 aromatic rings. The van der Waals surface area contributed by atoms with E-state index in [9.17, 15) is 10.1 Å². The van der Waals surface area contributed by atoms with E-state index in [1.165, 1.54) is 25.0 Å². The van der Waals surface area contributed by atoms with Gasteiger partial charge in [-0.3, -0.25) is 10.1 Å². The summed E-state index contributed by atoms with van der Waals surface area (Å²) < 4.78 is 5.69. The molecule has 1 N–H and O–H groups in total. The van der Waals surface area contributed by atoms with Gasteiger partial charge in [0.05, 0.1) is 22.6 Å². The van der Waals surface area contributed by atoms with Crippen LogP contribution in [0.1, 0.15) is 26.2 Å². The van der Waals surface area contributed by atoms with Crippen LogP contribution in [0, 0.1) is 10.1 Å². The van der Waals surface area contributed by atoms with E-state index in [2.05, 4.69) is 16.9 Å². The zero-order valence-electron chi connectivity index (χ0n) is 13.5. The Morgan fingerprint density at radius 2 is 1.96 bits per heavy atom. The van der Waals surface area contributed by atoms with Gasteiger partial charge in [0.1, 0.15) is 11.6 Å². The van der Waals surface area contributed by atoms with Crippen molar-refractivity contribution in [2.24, 2.45) is 0 Å². The quantitative estimate of drug-likeness (QED) is 0.387. The molecule has 3 rings (SSSR count). The summed E-state index contributed by atoms with van der Waals surface area (Å²) in [6, 6.07) is 12.3. The lowest BCUT2D eigenvalue weighted by Gasteiger charge is -2.06. The number of ether oxygens (including phenoxy) is 1. The minimum Gasteiger partial charge on any atom is -0.494 e. The van der Waals surface area contributed by atoms with Gasteiger partial charge in [0.15, 0.2) is 0 Å². The standard InChI is InChI=1S/C18H19N3O3/c1-2-3-4-11-24-15-8-5-13(6-9-15)18-19-16-10-7-14(21(22)23)12-17(16)20-18/h5-10,12H,2-4,11H2,1H3,(H,19,20).